The van der Waals surface area contributed by atoms with E-state index in [9.17, 15) is 9.90 Å². The quantitative estimate of drug-likeness (QED) is 0.679. The number of hydrogen-bond donors (Lipinski definition) is 1. The Labute approximate surface area is 175 Å². The number of carbonyl (C=O) groups is 1. The van der Waals surface area contributed by atoms with Crippen LogP contribution < -0.4 is 14.2 Å². The molecule has 0 bridgehead atoms. The molecule has 1 aliphatic rings. The first-order chi connectivity index (χ1) is 14.0. The molecule has 1 aliphatic heterocycles. The summed E-state index contributed by atoms with van der Waals surface area (Å²) in [6.07, 6.45) is 1.77. The fourth-order valence-electron chi connectivity index (χ4n) is 3.75. The molecular weight excluding hydrogens is 394 g/mol. The third-order valence-electron chi connectivity index (χ3n) is 5.29. The van der Waals surface area contributed by atoms with Gasteiger partial charge in [0.05, 0.1) is 21.3 Å². The lowest BCUT2D eigenvalue weighted by molar-refractivity contribution is 0.0811. The highest BCUT2D eigenvalue weighted by Gasteiger charge is 2.27. The summed E-state index contributed by atoms with van der Waals surface area (Å²) in [5.74, 6) is 1.56. The number of aromatic hydroxyl groups is 1. The molecule has 7 heteroatoms. The number of ketones is 1. The largest absolute Gasteiger partial charge is 0.504 e. The van der Waals surface area contributed by atoms with Gasteiger partial charge in [-0.05, 0) is 49.2 Å². The monoisotopic (exact) mass is 419 g/mol. The third kappa shape index (κ3) is 4.77. The van der Waals surface area contributed by atoms with Gasteiger partial charge in [0, 0.05) is 35.7 Å². The van der Waals surface area contributed by atoms with Crippen molar-refractivity contribution < 1.29 is 24.1 Å². The van der Waals surface area contributed by atoms with Crippen molar-refractivity contribution in [1.82, 2.24) is 4.90 Å². The van der Waals surface area contributed by atoms with Crippen molar-refractivity contribution in [2.75, 3.05) is 34.4 Å². The number of phenols is 1. The molecule has 2 aromatic carbocycles. The molecule has 1 saturated heterocycles. The molecule has 29 heavy (non-hydrogen) atoms. The average Bonchev–Trinajstić information content (AvgIpc) is 2.74. The van der Waals surface area contributed by atoms with Gasteiger partial charge >= 0.3 is 0 Å². The van der Waals surface area contributed by atoms with Gasteiger partial charge in [-0.15, -0.1) is 0 Å². The van der Waals surface area contributed by atoms with Gasteiger partial charge in [0.2, 0.25) is 0 Å². The second-order valence-electron chi connectivity index (χ2n) is 7.12. The fourth-order valence-corrected chi connectivity index (χ4v) is 3.97. The molecule has 0 radical (unpaired) electrons. The van der Waals surface area contributed by atoms with Crippen LogP contribution in [0.15, 0.2) is 30.3 Å². The Balaban J connectivity index is 1.73. The molecule has 0 aromatic heterocycles. The Bertz CT molecular complexity index is 886. The van der Waals surface area contributed by atoms with Crippen molar-refractivity contribution in [3.63, 3.8) is 0 Å². The normalized spacial score (nSPS) is 17.0. The summed E-state index contributed by atoms with van der Waals surface area (Å²) in [4.78, 5) is 15.3. The van der Waals surface area contributed by atoms with Crippen molar-refractivity contribution in [2.45, 2.75) is 19.4 Å². The maximum Gasteiger partial charge on any atom is 0.167 e. The minimum absolute atomic E-state index is 0.0152. The number of nitrogens with zero attached hydrogens (tertiary/aromatic N) is 1. The summed E-state index contributed by atoms with van der Waals surface area (Å²) < 4.78 is 15.8. The molecule has 3 rings (SSSR count). The van der Waals surface area contributed by atoms with E-state index in [1.165, 1.54) is 13.2 Å². The number of rotatable bonds is 7. The lowest BCUT2D eigenvalue weighted by atomic mass is 9.89. The van der Waals surface area contributed by atoms with Crippen LogP contribution in [0.4, 0.5) is 0 Å². The summed E-state index contributed by atoms with van der Waals surface area (Å²) in [6.45, 7) is 2.12. The lowest BCUT2D eigenvalue weighted by Crippen LogP contribution is -2.38. The van der Waals surface area contributed by atoms with Crippen LogP contribution >= 0.6 is 11.6 Å². The molecule has 1 N–H and O–H groups in total. The molecule has 1 fully saturated rings. The molecule has 0 amide bonds. The van der Waals surface area contributed by atoms with Crippen LogP contribution in [-0.4, -0.2) is 50.2 Å². The SMILES string of the molecule is COc1cc(CN2CCC[C@@H](C(=O)c3ccc(OC)c(OC)c3)C2)c(Cl)cc1O. The summed E-state index contributed by atoms with van der Waals surface area (Å²) in [5.41, 5.74) is 1.49. The first-order valence-electron chi connectivity index (χ1n) is 9.50. The molecular formula is C22H26ClNO5. The van der Waals surface area contributed by atoms with Gasteiger partial charge in [0.1, 0.15) is 0 Å². The van der Waals surface area contributed by atoms with Crippen LogP contribution in [0.5, 0.6) is 23.0 Å². The van der Waals surface area contributed by atoms with E-state index < -0.39 is 0 Å². The molecule has 0 unspecified atom stereocenters. The van der Waals surface area contributed by atoms with Gasteiger partial charge in [-0.3, -0.25) is 9.69 Å². The van der Waals surface area contributed by atoms with Crippen molar-refractivity contribution in [3.05, 3.63) is 46.5 Å². The van der Waals surface area contributed by atoms with Crippen molar-refractivity contribution in [1.29, 1.82) is 0 Å². The maximum atomic E-state index is 13.1. The van der Waals surface area contributed by atoms with Crippen LogP contribution in [-0.2, 0) is 6.54 Å². The van der Waals surface area contributed by atoms with Crippen LogP contribution in [0.3, 0.4) is 0 Å². The van der Waals surface area contributed by atoms with Gasteiger partial charge in [-0.1, -0.05) is 11.6 Å². The second-order valence-corrected chi connectivity index (χ2v) is 7.53. The van der Waals surface area contributed by atoms with Crippen LogP contribution in [0.1, 0.15) is 28.8 Å². The molecule has 0 spiro atoms. The maximum absolute atomic E-state index is 13.1. The third-order valence-corrected chi connectivity index (χ3v) is 5.64. The van der Waals surface area contributed by atoms with Gasteiger partial charge in [0.25, 0.3) is 0 Å². The number of likely N-dealkylation sites (tertiary alicyclic amines) is 1. The van der Waals surface area contributed by atoms with E-state index in [0.717, 1.165) is 24.9 Å². The smallest absolute Gasteiger partial charge is 0.167 e. The molecule has 2 aromatic rings. The Kier molecular flexibility index (Phi) is 6.87. The van der Waals surface area contributed by atoms with Gasteiger partial charge in [-0.25, -0.2) is 0 Å². The van der Waals surface area contributed by atoms with Gasteiger partial charge in [-0.2, -0.15) is 0 Å². The standard InChI is InChI=1S/C22H26ClNO5/c1-27-19-7-6-14(9-21(19)29-3)22(26)15-5-4-8-24(12-15)13-16-10-20(28-2)18(25)11-17(16)23/h6-7,9-11,15,25H,4-5,8,12-13H2,1-3H3/t15-/m1/s1. The average molecular weight is 420 g/mol. The molecule has 0 aliphatic carbocycles. The fraction of sp³-hybridized carbons (Fsp3) is 0.409. The number of phenolic OH excluding ortho intramolecular Hbond substituents is 1. The summed E-state index contributed by atoms with van der Waals surface area (Å²) in [5, 5.41) is 10.3. The molecule has 1 atom stereocenters. The van der Waals surface area contributed by atoms with E-state index in [2.05, 4.69) is 4.90 Å². The number of piperidine rings is 1. The zero-order chi connectivity index (χ0) is 21.0. The number of halogens is 1. The molecule has 156 valence electrons. The Morgan fingerprint density at radius 2 is 1.83 bits per heavy atom. The van der Waals surface area contributed by atoms with Crippen molar-refractivity contribution in [3.8, 4) is 23.0 Å². The van der Waals surface area contributed by atoms with E-state index >= 15 is 0 Å². The Morgan fingerprint density at radius 3 is 2.52 bits per heavy atom. The zero-order valence-corrected chi connectivity index (χ0v) is 17.7. The first-order valence-corrected chi connectivity index (χ1v) is 9.88. The van der Waals surface area contributed by atoms with E-state index in [1.807, 2.05) is 0 Å². The lowest BCUT2D eigenvalue weighted by Gasteiger charge is -2.32. The number of methoxy groups -OCH3 is 3. The highest BCUT2D eigenvalue weighted by Crippen LogP contribution is 2.34. The Hall–Kier alpha value is -2.44. The number of ether oxygens (including phenoxy) is 3. The zero-order valence-electron chi connectivity index (χ0n) is 16.9. The van der Waals surface area contributed by atoms with E-state index in [0.29, 0.717) is 40.9 Å². The number of benzene rings is 2. The van der Waals surface area contributed by atoms with E-state index in [-0.39, 0.29) is 17.5 Å². The van der Waals surface area contributed by atoms with E-state index in [1.54, 1.807) is 38.5 Å². The first kappa shape index (κ1) is 21.3. The minimum atomic E-state index is -0.0976. The van der Waals surface area contributed by atoms with Gasteiger partial charge < -0.3 is 19.3 Å². The predicted molar refractivity (Wildman–Crippen MR) is 112 cm³/mol. The van der Waals surface area contributed by atoms with Crippen LogP contribution in [0.2, 0.25) is 5.02 Å². The summed E-state index contributed by atoms with van der Waals surface area (Å²) in [7, 11) is 4.64. The van der Waals surface area contributed by atoms with E-state index in [4.69, 9.17) is 25.8 Å². The van der Waals surface area contributed by atoms with Crippen LogP contribution in [0, 0.1) is 5.92 Å². The predicted octanol–water partition coefficient (Wildman–Crippen LogP) is 4.17. The highest BCUT2D eigenvalue weighted by molar-refractivity contribution is 6.31. The van der Waals surface area contributed by atoms with Crippen molar-refractivity contribution in [2.24, 2.45) is 5.92 Å². The molecule has 0 saturated carbocycles. The number of hydrogen-bond acceptors (Lipinski definition) is 6. The molecule has 6 nitrogen and oxygen atoms in total. The summed E-state index contributed by atoms with van der Waals surface area (Å²) >= 11 is 6.30. The van der Waals surface area contributed by atoms with Gasteiger partial charge in [0.15, 0.2) is 28.8 Å². The minimum Gasteiger partial charge on any atom is -0.504 e. The Morgan fingerprint density at radius 1 is 1.10 bits per heavy atom. The summed E-state index contributed by atoms with van der Waals surface area (Å²) in [6, 6.07) is 8.52. The second kappa shape index (κ2) is 9.37. The number of carbonyl (C=O) groups excluding carboxylic acids is 1. The van der Waals surface area contributed by atoms with Crippen molar-refractivity contribution >= 4 is 17.4 Å². The number of Topliss-reactive ketones (excluding diaryl/α,β-unsaturated/α-hetero) is 1. The topological polar surface area (TPSA) is 68.2 Å². The van der Waals surface area contributed by atoms with Crippen LogP contribution in [0.25, 0.3) is 0 Å². The molecule has 1 heterocycles. The highest BCUT2D eigenvalue weighted by atomic mass is 35.5.